The van der Waals surface area contributed by atoms with Crippen molar-refractivity contribution in [3.63, 3.8) is 0 Å². The predicted molar refractivity (Wildman–Crippen MR) is 119 cm³/mol. The van der Waals surface area contributed by atoms with E-state index < -0.39 is 0 Å². The van der Waals surface area contributed by atoms with Crippen molar-refractivity contribution in [1.29, 1.82) is 5.41 Å². The minimum absolute atomic E-state index is 0.0729. The number of carbonyl (C=O) groups is 1. The van der Waals surface area contributed by atoms with Crippen molar-refractivity contribution in [1.82, 2.24) is 15.3 Å². The van der Waals surface area contributed by atoms with Gasteiger partial charge in [-0.15, -0.1) is 0 Å². The van der Waals surface area contributed by atoms with Crippen molar-refractivity contribution >= 4 is 23.5 Å². The Labute approximate surface area is 180 Å². The molecule has 2 N–H and O–H groups in total. The topological polar surface area (TPSA) is 59.4 Å². The number of amides is 1. The molecule has 0 radical (unpaired) electrons. The van der Waals surface area contributed by atoms with Gasteiger partial charge in [0.25, 0.3) is 5.91 Å². The van der Waals surface area contributed by atoms with Crippen molar-refractivity contribution in [2.75, 3.05) is 0 Å². The SMILES string of the molecule is CC1(C)CCCC(C)(C)N1N(C(=N)NC(=O)c1ccc(Cl)cc1)C1CCCCC1. The predicted octanol–water partition coefficient (Wildman–Crippen LogP) is 5.60. The largest absolute Gasteiger partial charge is 0.291 e. The second-order valence-corrected chi connectivity index (χ2v) is 10.2. The van der Waals surface area contributed by atoms with Gasteiger partial charge >= 0.3 is 0 Å². The molecule has 2 fully saturated rings. The fourth-order valence-corrected chi connectivity index (χ4v) is 5.30. The molecule has 29 heavy (non-hydrogen) atoms. The second kappa shape index (κ2) is 8.65. The zero-order chi connectivity index (χ0) is 21.2. The average molecular weight is 419 g/mol. The van der Waals surface area contributed by atoms with Gasteiger partial charge in [-0.05, 0) is 84.1 Å². The Balaban J connectivity index is 1.89. The van der Waals surface area contributed by atoms with Crippen LogP contribution in [0.2, 0.25) is 5.02 Å². The number of hydrogen-bond acceptors (Lipinski definition) is 3. The number of hydrazine groups is 1. The van der Waals surface area contributed by atoms with Crippen LogP contribution in [0.5, 0.6) is 0 Å². The van der Waals surface area contributed by atoms with E-state index >= 15 is 0 Å². The van der Waals surface area contributed by atoms with Crippen molar-refractivity contribution < 1.29 is 4.79 Å². The third-order valence-corrected chi connectivity index (χ3v) is 6.68. The molecule has 5 nitrogen and oxygen atoms in total. The number of rotatable bonds is 3. The van der Waals surface area contributed by atoms with Crippen LogP contribution in [0.3, 0.4) is 0 Å². The molecular formula is C23H35ClN4O. The van der Waals surface area contributed by atoms with Gasteiger partial charge in [-0.25, -0.2) is 5.01 Å². The van der Waals surface area contributed by atoms with Gasteiger partial charge in [0, 0.05) is 27.7 Å². The van der Waals surface area contributed by atoms with E-state index in [2.05, 4.69) is 43.0 Å². The zero-order valence-electron chi connectivity index (χ0n) is 18.2. The van der Waals surface area contributed by atoms with Crippen molar-refractivity contribution in [3.8, 4) is 0 Å². The summed E-state index contributed by atoms with van der Waals surface area (Å²) >= 11 is 5.95. The molecule has 6 heteroatoms. The highest BCUT2D eigenvalue weighted by atomic mass is 35.5. The number of carbonyl (C=O) groups excluding carboxylic acids is 1. The van der Waals surface area contributed by atoms with E-state index in [1.165, 1.54) is 25.7 Å². The van der Waals surface area contributed by atoms with Gasteiger partial charge in [-0.1, -0.05) is 30.9 Å². The van der Waals surface area contributed by atoms with Crippen LogP contribution >= 0.6 is 11.6 Å². The van der Waals surface area contributed by atoms with Gasteiger partial charge in [-0.3, -0.25) is 20.5 Å². The summed E-state index contributed by atoms with van der Waals surface area (Å²) in [5.41, 5.74) is 0.368. The number of nitrogens with one attached hydrogen (secondary N) is 2. The minimum atomic E-state index is -0.264. The first-order valence-electron chi connectivity index (χ1n) is 10.9. The van der Waals surface area contributed by atoms with Gasteiger partial charge in [0.05, 0.1) is 0 Å². The fourth-order valence-electron chi connectivity index (χ4n) is 5.18. The summed E-state index contributed by atoms with van der Waals surface area (Å²) in [5.74, 6) is -0.0833. The van der Waals surface area contributed by atoms with Crippen LogP contribution in [-0.4, -0.2) is 39.0 Å². The standard InChI is InChI=1S/C23H35ClN4O/c1-22(2)15-8-16-23(3,4)28(22)27(19-9-6-5-7-10-19)21(25)26-20(29)17-11-13-18(24)14-12-17/h11-14,19H,5-10,15-16H2,1-4H3,(H2,25,26,29). The van der Waals surface area contributed by atoms with Gasteiger partial charge in [-0.2, -0.15) is 0 Å². The van der Waals surface area contributed by atoms with E-state index in [4.69, 9.17) is 17.0 Å². The summed E-state index contributed by atoms with van der Waals surface area (Å²) in [4.78, 5) is 12.8. The first kappa shape index (κ1) is 22.1. The van der Waals surface area contributed by atoms with Crippen molar-refractivity contribution in [2.24, 2.45) is 0 Å². The molecule has 0 bridgehead atoms. The van der Waals surface area contributed by atoms with E-state index in [1.807, 2.05) is 0 Å². The molecule has 3 rings (SSSR count). The van der Waals surface area contributed by atoms with Crippen LogP contribution in [-0.2, 0) is 0 Å². The third-order valence-electron chi connectivity index (χ3n) is 6.43. The lowest BCUT2D eigenvalue weighted by Crippen LogP contribution is -2.70. The average Bonchev–Trinajstić information content (AvgIpc) is 2.65. The van der Waals surface area contributed by atoms with E-state index in [9.17, 15) is 4.79 Å². The fraction of sp³-hybridized carbons (Fsp3) is 0.652. The lowest BCUT2D eigenvalue weighted by molar-refractivity contribution is -0.168. The Kier molecular flexibility index (Phi) is 6.59. The zero-order valence-corrected chi connectivity index (χ0v) is 19.0. The second-order valence-electron chi connectivity index (χ2n) is 9.74. The Morgan fingerprint density at radius 1 is 1.03 bits per heavy atom. The molecule has 1 saturated carbocycles. The lowest BCUT2D eigenvalue weighted by Gasteiger charge is -2.59. The summed E-state index contributed by atoms with van der Waals surface area (Å²) in [6.07, 6.45) is 9.06. The highest BCUT2D eigenvalue weighted by Gasteiger charge is 2.47. The molecule has 0 spiro atoms. The molecule has 1 aliphatic carbocycles. The molecule has 1 aromatic carbocycles. The van der Waals surface area contributed by atoms with Gasteiger partial charge in [0.15, 0.2) is 0 Å². The Hall–Kier alpha value is -1.59. The van der Waals surface area contributed by atoms with Gasteiger partial charge in [0.2, 0.25) is 5.96 Å². The number of piperidine rings is 1. The number of guanidine groups is 1. The van der Waals surface area contributed by atoms with Gasteiger partial charge in [0.1, 0.15) is 0 Å². The molecule has 1 saturated heterocycles. The molecule has 1 amide bonds. The highest BCUT2D eigenvalue weighted by molar-refractivity contribution is 6.30. The van der Waals surface area contributed by atoms with Crippen LogP contribution in [0.1, 0.15) is 89.4 Å². The smallest absolute Gasteiger partial charge is 0.257 e. The first-order chi connectivity index (χ1) is 13.6. The minimum Gasteiger partial charge on any atom is -0.291 e. The van der Waals surface area contributed by atoms with E-state index in [1.54, 1.807) is 24.3 Å². The molecule has 1 aromatic rings. The number of halogens is 1. The van der Waals surface area contributed by atoms with Gasteiger partial charge < -0.3 is 0 Å². The van der Waals surface area contributed by atoms with Crippen LogP contribution in [0, 0.1) is 5.41 Å². The molecule has 1 aliphatic heterocycles. The maximum atomic E-state index is 12.8. The Morgan fingerprint density at radius 2 is 1.59 bits per heavy atom. The number of hydrogen-bond donors (Lipinski definition) is 2. The maximum Gasteiger partial charge on any atom is 0.257 e. The van der Waals surface area contributed by atoms with Crippen molar-refractivity contribution in [2.45, 2.75) is 96.2 Å². The van der Waals surface area contributed by atoms with Crippen LogP contribution in [0.15, 0.2) is 24.3 Å². The molecule has 160 valence electrons. The summed E-state index contributed by atoms with van der Waals surface area (Å²) < 4.78 is 0. The first-order valence-corrected chi connectivity index (χ1v) is 11.2. The number of benzene rings is 1. The molecule has 0 unspecified atom stereocenters. The summed E-state index contributed by atoms with van der Waals surface area (Å²) in [7, 11) is 0. The third kappa shape index (κ3) is 4.95. The normalized spacial score (nSPS) is 22.1. The number of nitrogens with zero attached hydrogens (tertiary/aromatic N) is 2. The highest BCUT2D eigenvalue weighted by Crippen LogP contribution is 2.41. The Bertz CT molecular complexity index is 722. The monoisotopic (exact) mass is 418 g/mol. The molecule has 0 atom stereocenters. The van der Waals surface area contributed by atoms with E-state index in [0.29, 0.717) is 10.6 Å². The van der Waals surface area contributed by atoms with Crippen LogP contribution in [0.25, 0.3) is 0 Å². The van der Waals surface area contributed by atoms with Crippen molar-refractivity contribution in [3.05, 3.63) is 34.9 Å². The molecule has 0 aromatic heterocycles. The van der Waals surface area contributed by atoms with E-state index in [0.717, 1.165) is 25.7 Å². The molecule has 2 aliphatic rings. The Morgan fingerprint density at radius 3 is 2.14 bits per heavy atom. The van der Waals surface area contributed by atoms with Crippen LogP contribution < -0.4 is 5.32 Å². The maximum absolute atomic E-state index is 12.8. The lowest BCUT2D eigenvalue weighted by atomic mass is 9.81. The summed E-state index contributed by atoms with van der Waals surface area (Å²) in [6, 6.07) is 7.06. The van der Waals surface area contributed by atoms with Crippen LogP contribution in [0.4, 0.5) is 0 Å². The summed E-state index contributed by atoms with van der Waals surface area (Å²) in [5, 5.41) is 16.9. The summed E-state index contributed by atoms with van der Waals surface area (Å²) in [6.45, 7) is 9.05. The quantitative estimate of drug-likeness (QED) is 0.496. The van der Waals surface area contributed by atoms with E-state index in [-0.39, 0.29) is 29.0 Å². The molecule has 1 heterocycles. The molecular weight excluding hydrogens is 384 g/mol.